The molecule has 0 radical (unpaired) electrons. The second kappa shape index (κ2) is 6.38. The summed E-state index contributed by atoms with van der Waals surface area (Å²) in [6, 6.07) is -0.161. The van der Waals surface area contributed by atoms with Crippen molar-refractivity contribution in [1.29, 1.82) is 0 Å². The van der Waals surface area contributed by atoms with Crippen LogP contribution in [0, 0.1) is 0 Å². The Bertz CT molecular complexity index is 280. The molecule has 18 heavy (non-hydrogen) atoms. The van der Waals surface area contributed by atoms with Crippen molar-refractivity contribution in [2.45, 2.75) is 38.6 Å². The molecule has 0 aliphatic carbocycles. The molecule has 0 aromatic heterocycles. The van der Waals surface area contributed by atoms with Gasteiger partial charge in [-0.25, -0.2) is 0 Å². The maximum Gasteiger partial charge on any atom is 0.406 e. The summed E-state index contributed by atoms with van der Waals surface area (Å²) in [7, 11) is 2.67. The molecule has 0 aromatic carbocycles. The van der Waals surface area contributed by atoms with Crippen LogP contribution < -0.4 is 5.32 Å². The number of hydrogen-bond acceptors (Lipinski definition) is 3. The van der Waals surface area contributed by atoms with Crippen LogP contribution in [-0.2, 0) is 9.53 Å². The highest BCUT2D eigenvalue weighted by atomic mass is 19.4. The highest BCUT2D eigenvalue weighted by molar-refractivity contribution is 5.78. The summed E-state index contributed by atoms with van der Waals surface area (Å²) in [5.74, 6) is -0.605. The van der Waals surface area contributed by atoms with E-state index in [-0.39, 0.29) is 12.6 Å². The average Bonchev–Trinajstić information content (AvgIpc) is 2.22. The number of nitrogens with zero attached hydrogens (tertiary/aromatic N) is 1. The third kappa shape index (κ3) is 6.20. The summed E-state index contributed by atoms with van der Waals surface area (Å²) < 4.78 is 41.4. The summed E-state index contributed by atoms with van der Waals surface area (Å²) >= 11 is 0. The highest BCUT2D eigenvalue weighted by Gasteiger charge is 2.31. The minimum Gasteiger partial charge on any atom is -0.377 e. The Labute approximate surface area is 105 Å². The van der Waals surface area contributed by atoms with Gasteiger partial charge in [0.25, 0.3) is 0 Å². The molecule has 7 heteroatoms. The lowest BCUT2D eigenvalue weighted by Crippen LogP contribution is -2.50. The molecule has 1 atom stereocenters. The molecule has 0 rings (SSSR count). The number of likely N-dealkylation sites (N-methyl/N-ethyl adjacent to an activating group) is 1. The highest BCUT2D eigenvalue weighted by Crippen LogP contribution is 2.16. The van der Waals surface area contributed by atoms with Gasteiger partial charge in [0.15, 0.2) is 0 Å². The minimum atomic E-state index is -4.37. The van der Waals surface area contributed by atoms with Gasteiger partial charge in [-0.05, 0) is 20.8 Å². The van der Waals surface area contributed by atoms with Gasteiger partial charge in [0.05, 0.1) is 12.1 Å². The van der Waals surface area contributed by atoms with Gasteiger partial charge in [-0.1, -0.05) is 0 Å². The van der Waals surface area contributed by atoms with Gasteiger partial charge in [0.1, 0.15) is 6.54 Å². The van der Waals surface area contributed by atoms with E-state index in [0.717, 1.165) is 7.05 Å². The molecule has 0 bridgehead atoms. The van der Waals surface area contributed by atoms with Crippen molar-refractivity contribution in [3.63, 3.8) is 0 Å². The van der Waals surface area contributed by atoms with Gasteiger partial charge in [-0.3, -0.25) is 4.79 Å². The van der Waals surface area contributed by atoms with E-state index in [9.17, 15) is 18.0 Å². The fraction of sp³-hybridized carbons (Fsp3) is 0.909. The van der Waals surface area contributed by atoms with Gasteiger partial charge in [0.2, 0.25) is 5.91 Å². The quantitative estimate of drug-likeness (QED) is 0.793. The molecule has 4 nitrogen and oxygen atoms in total. The number of nitrogens with one attached hydrogen (secondary N) is 1. The van der Waals surface area contributed by atoms with E-state index in [1.54, 1.807) is 6.92 Å². The van der Waals surface area contributed by atoms with E-state index in [0.29, 0.717) is 4.90 Å². The lowest BCUT2D eigenvalue weighted by atomic mass is 10.0. The van der Waals surface area contributed by atoms with Crippen LogP contribution in [0.4, 0.5) is 13.2 Å². The standard InChI is InChI=1S/C11H21F3N2O2/c1-8(10(2,3)18-5)15-6-9(17)16(4)7-11(12,13)14/h8,15H,6-7H2,1-5H3/t8-/m0/s1. The Morgan fingerprint density at radius 2 is 1.89 bits per heavy atom. The first-order valence-corrected chi connectivity index (χ1v) is 5.59. The van der Waals surface area contributed by atoms with Crippen LogP contribution in [0.2, 0.25) is 0 Å². The van der Waals surface area contributed by atoms with Crippen LogP contribution in [0.5, 0.6) is 0 Å². The summed E-state index contributed by atoms with van der Waals surface area (Å²) in [6.45, 7) is 4.07. The number of carbonyl (C=O) groups excluding carboxylic acids is 1. The van der Waals surface area contributed by atoms with Gasteiger partial charge in [-0.2, -0.15) is 13.2 Å². The zero-order valence-electron chi connectivity index (χ0n) is 11.4. The molecule has 0 aromatic rings. The molecule has 0 aliphatic heterocycles. The molecule has 0 heterocycles. The summed E-state index contributed by atoms with van der Waals surface area (Å²) in [6.07, 6.45) is -4.37. The maximum absolute atomic E-state index is 12.1. The van der Waals surface area contributed by atoms with E-state index in [2.05, 4.69) is 5.32 Å². The third-order valence-electron chi connectivity index (χ3n) is 2.97. The summed E-state index contributed by atoms with van der Waals surface area (Å²) in [5, 5.41) is 2.86. The summed E-state index contributed by atoms with van der Waals surface area (Å²) in [5.41, 5.74) is -0.497. The van der Waals surface area contributed by atoms with Crippen LogP contribution in [0.1, 0.15) is 20.8 Å². The SMILES string of the molecule is COC(C)(C)[C@H](C)NCC(=O)N(C)CC(F)(F)F. The first kappa shape index (κ1) is 17.2. The van der Waals surface area contributed by atoms with Crippen LogP contribution in [0.15, 0.2) is 0 Å². The Hall–Kier alpha value is -0.820. The minimum absolute atomic E-state index is 0.152. The largest absolute Gasteiger partial charge is 0.406 e. The Balaban J connectivity index is 4.19. The van der Waals surface area contributed by atoms with Crippen LogP contribution in [0.25, 0.3) is 0 Å². The molecule has 1 N–H and O–H groups in total. The molecule has 108 valence electrons. The van der Waals surface area contributed by atoms with Gasteiger partial charge >= 0.3 is 6.18 Å². The monoisotopic (exact) mass is 270 g/mol. The molecule has 1 amide bonds. The molecule has 0 spiro atoms. The number of rotatable bonds is 6. The number of carbonyl (C=O) groups is 1. The Morgan fingerprint density at radius 1 is 1.39 bits per heavy atom. The maximum atomic E-state index is 12.1. The predicted octanol–water partition coefficient (Wildman–Crippen LogP) is 1.41. The van der Waals surface area contributed by atoms with Crippen LogP contribution in [-0.4, -0.2) is 55.9 Å². The van der Waals surface area contributed by atoms with Gasteiger partial charge in [0, 0.05) is 20.2 Å². The van der Waals surface area contributed by atoms with Crippen molar-refractivity contribution in [1.82, 2.24) is 10.2 Å². The Kier molecular flexibility index (Phi) is 6.09. The average molecular weight is 270 g/mol. The number of hydrogen-bond donors (Lipinski definition) is 1. The van der Waals surface area contributed by atoms with Crippen molar-refractivity contribution < 1.29 is 22.7 Å². The third-order valence-corrected chi connectivity index (χ3v) is 2.97. The van der Waals surface area contributed by atoms with E-state index < -0.39 is 24.2 Å². The molecule has 0 unspecified atom stereocenters. The molecule has 0 saturated heterocycles. The second-order valence-corrected chi connectivity index (χ2v) is 4.78. The molecule has 0 saturated carbocycles. The van der Waals surface area contributed by atoms with Crippen molar-refractivity contribution in [3.8, 4) is 0 Å². The van der Waals surface area contributed by atoms with Crippen molar-refractivity contribution in [3.05, 3.63) is 0 Å². The smallest absolute Gasteiger partial charge is 0.377 e. The zero-order chi connectivity index (χ0) is 14.6. The van der Waals surface area contributed by atoms with Crippen molar-refractivity contribution in [2.24, 2.45) is 0 Å². The molecular weight excluding hydrogens is 249 g/mol. The van der Waals surface area contributed by atoms with Gasteiger partial charge in [-0.15, -0.1) is 0 Å². The number of ether oxygens (including phenoxy) is 1. The first-order valence-electron chi connectivity index (χ1n) is 5.59. The molecule has 0 fully saturated rings. The number of amides is 1. The fourth-order valence-electron chi connectivity index (χ4n) is 1.16. The first-order chi connectivity index (χ1) is 7.99. The van der Waals surface area contributed by atoms with E-state index in [1.807, 2.05) is 13.8 Å². The van der Waals surface area contributed by atoms with Crippen molar-refractivity contribution in [2.75, 3.05) is 27.2 Å². The summed E-state index contributed by atoms with van der Waals surface area (Å²) in [4.78, 5) is 12.1. The fourth-order valence-corrected chi connectivity index (χ4v) is 1.16. The predicted molar refractivity (Wildman–Crippen MR) is 62.2 cm³/mol. The number of halogens is 3. The number of methoxy groups -OCH3 is 1. The van der Waals surface area contributed by atoms with Crippen LogP contribution >= 0.6 is 0 Å². The lowest BCUT2D eigenvalue weighted by molar-refractivity contribution is -0.158. The van der Waals surface area contributed by atoms with E-state index in [4.69, 9.17) is 4.74 Å². The molecular formula is C11H21F3N2O2. The second-order valence-electron chi connectivity index (χ2n) is 4.78. The van der Waals surface area contributed by atoms with E-state index >= 15 is 0 Å². The van der Waals surface area contributed by atoms with E-state index in [1.165, 1.54) is 7.11 Å². The van der Waals surface area contributed by atoms with Crippen LogP contribution in [0.3, 0.4) is 0 Å². The Morgan fingerprint density at radius 3 is 2.28 bits per heavy atom. The normalized spacial score (nSPS) is 14.4. The lowest BCUT2D eigenvalue weighted by Gasteiger charge is -2.31. The molecule has 0 aliphatic rings. The number of alkyl halides is 3. The zero-order valence-corrected chi connectivity index (χ0v) is 11.4. The topological polar surface area (TPSA) is 41.6 Å². The van der Waals surface area contributed by atoms with Crippen molar-refractivity contribution >= 4 is 5.91 Å². The van der Waals surface area contributed by atoms with Gasteiger partial charge < -0.3 is 15.0 Å².